The third-order valence-electron chi connectivity index (χ3n) is 3.68. The zero-order valence-corrected chi connectivity index (χ0v) is 14.8. The van der Waals surface area contributed by atoms with Gasteiger partial charge in [-0.25, -0.2) is 0 Å². The predicted octanol–water partition coefficient (Wildman–Crippen LogP) is 3.92. The number of methoxy groups -OCH3 is 1. The zero-order chi connectivity index (χ0) is 18.4. The Morgan fingerprint density at radius 2 is 1.48 bits per heavy atom. The lowest BCUT2D eigenvalue weighted by Crippen LogP contribution is -2.09. The van der Waals surface area contributed by atoms with E-state index in [2.05, 4.69) is 10.6 Å². The molecule has 5 nitrogen and oxygen atoms in total. The first-order valence-electron chi connectivity index (χ1n) is 7.91. The monoisotopic (exact) mass is 338 g/mol. The van der Waals surface area contributed by atoms with Crippen LogP contribution in [0.1, 0.15) is 23.6 Å². The smallest absolute Gasteiger partial charge is 0.248 e. The number of carbonyl (C=O) groups excluding carboxylic acids is 2. The van der Waals surface area contributed by atoms with Gasteiger partial charge in [-0.2, -0.15) is 0 Å². The molecule has 0 radical (unpaired) electrons. The number of amides is 2. The fourth-order valence-electron chi connectivity index (χ4n) is 2.50. The largest absolute Gasteiger partial charge is 0.497 e. The van der Waals surface area contributed by atoms with E-state index in [4.69, 9.17) is 4.74 Å². The van der Waals surface area contributed by atoms with Crippen LogP contribution in [0, 0.1) is 13.8 Å². The molecule has 2 aromatic carbocycles. The maximum atomic E-state index is 12.1. The van der Waals surface area contributed by atoms with Gasteiger partial charge in [-0.15, -0.1) is 0 Å². The van der Waals surface area contributed by atoms with Crippen molar-refractivity contribution in [2.24, 2.45) is 0 Å². The van der Waals surface area contributed by atoms with Gasteiger partial charge in [0.2, 0.25) is 11.8 Å². The molecule has 2 rings (SSSR count). The van der Waals surface area contributed by atoms with Crippen molar-refractivity contribution in [3.8, 4) is 5.75 Å². The summed E-state index contributed by atoms with van der Waals surface area (Å²) in [5, 5.41) is 5.47. The molecule has 2 aromatic rings. The summed E-state index contributed by atoms with van der Waals surface area (Å²) in [7, 11) is 1.63. The van der Waals surface area contributed by atoms with Crippen LogP contribution in [0.15, 0.2) is 42.5 Å². The first-order valence-corrected chi connectivity index (χ1v) is 7.91. The van der Waals surface area contributed by atoms with E-state index in [0.29, 0.717) is 11.4 Å². The Kier molecular flexibility index (Phi) is 5.95. The van der Waals surface area contributed by atoms with Crippen molar-refractivity contribution in [1.29, 1.82) is 0 Å². The van der Waals surface area contributed by atoms with Crippen LogP contribution in [0.3, 0.4) is 0 Å². The lowest BCUT2D eigenvalue weighted by Gasteiger charge is -2.09. The van der Waals surface area contributed by atoms with Gasteiger partial charge >= 0.3 is 0 Å². The van der Waals surface area contributed by atoms with Crippen LogP contribution < -0.4 is 15.4 Å². The standard InChI is InChI=1S/C20H22N2O3/c1-13-11-18(25-4)12-14(2)19(13)9-10-20(24)22-17-7-5-16(6-8-17)21-15(3)23/h5-12H,1-4H3,(H,21,23)(H,22,24)/b10-9+. The second-order valence-corrected chi connectivity index (χ2v) is 5.76. The molecule has 5 heteroatoms. The van der Waals surface area contributed by atoms with Gasteiger partial charge in [0, 0.05) is 24.4 Å². The Hall–Kier alpha value is -3.08. The lowest BCUT2D eigenvalue weighted by atomic mass is 10.0. The fourth-order valence-corrected chi connectivity index (χ4v) is 2.50. The van der Waals surface area contributed by atoms with E-state index in [1.165, 1.54) is 13.0 Å². The molecule has 0 saturated heterocycles. The van der Waals surface area contributed by atoms with Crippen molar-refractivity contribution in [2.45, 2.75) is 20.8 Å². The number of anilines is 2. The molecule has 0 aromatic heterocycles. The highest BCUT2D eigenvalue weighted by atomic mass is 16.5. The predicted molar refractivity (Wildman–Crippen MR) is 101 cm³/mol. The SMILES string of the molecule is COc1cc(C)c(/C=C/C(=O)Nc2ccc(NC(C)=O)cc2)c(C)c1. The molecule has 130 valence electrons. The summed E-state index contributed by atoms with van der Waals surface area (Å²) in [6, 6.07) is 10.8. The summed E-state index contributed by atoms with van der Waals surface area (Å²) in [6.07, 6.45) is 3.30. The van der Waals surface area contributed by atoms with Crippen LogP contribution in [0.2, 0.25) is 0 Å². The number of nitrogens with one attached hydrogen (secondary N) is 2. The molecule has 0 unspecified atom stereocenters. The average Bonchev–Trinajstić information content (AvgIpc) is 2.55. The van der Waals surface area contributed by atoms with Crippen molar-refractivity contribution in [2.75, 3.05) is 17.7 Å². The van der Waals surface area contributed by atoms with E-state index >= 15 is 0 Å². The molecule has 0 aliphatic rings. The van der Waals surface area contributed by atoms with Crippen LogP contribution in [0.4, 0.5) is 11.4 Å². The highest BCUT2D eigenvalue weighted by Crippen LogP contribution is 2.22. The van der Waals surface area contributed by atoms with Gasteiger partial charge in [0.25, 0.3) is 0 Å². The number of ether oxygens (including phenoxy) is 1. The average molecular weight is 338 g/mol. The Morgan fingerprint density at radius 1 is 0.960 bits per heavy atom. The summed E-state index contributed by atoms with van der Waals surface area (Å²) in [5.74, 6) is 0.447. The molecule has 2 N–H and O–H groups in total. The molecule has 2 amide bonds. The van der Waals surface area contributed by atoms with Crippen LogP contribution in [-0.4, -0.2) is 18.9 Å². The highest BCUT2D eigenvalue weighted by Gasteiger charge is 2.04. The normalized spacial score (nSPS) is 10.6. The third kappa shape index (κ3) is 5.21. The third-order valence-corrected chi connectivity index (χ3v) is 3.68. The number of benzene rings is 2. The summed E-state index contributed by atoms with van der Waals surface area (Å²) in [4.78, 5) is 23.1. The van der Waals surface area contributed by atoms with E-state index in [1.54, 1.807) is 37.5 Å². The van der Waals surface area contributed by atoms with Crippen LogP contribution in [0.5, 0.6) is 5.75 Å². The van der Waals surface area contributed by atoms with Gasteiger partial charge in [-0.1, -0.05) is 0 Å². The zero-order valence-electron chi connectivity index (χ0n) is 14.8. The molecular weight excluding hydrogens is 316 g/mol. The van der Waals surface area contributed by atoms with Crippen molar-refractivity contribution < 1.29 is 14.3 Å². The molecule has 0 spiro atoms. The Labute approximate surface area is 147 Å². The Morgan fingerprint density at radius 3 is 1.96 bits per heavy atom. The summed E-state index contributed by atoms with van der Waals surface area (Å²) in [6.45, 7) is 5.41. The number of aryl methyl sites for hydroxylation is 2. The number of hydrogen-bond donors (Lipinski definition) is 2. The quantitative estimate of drug-likeness (QED) is 0.812. The molecule has 25 heavy (non-hydrogen) atoms. The molecule has 0 aliphatic heterocycles. The molecule has 0 heterocycles. The second kappa shape index (κ2) is 8.15. The van der Waals surface area contributed by atoms with Crippen LogP contribution >= 0.6 is 0 Å². The summed E-state index contributed by atoms with van der Waals surface area (Å²) >= 11 is 0. The van der Waals surface area contributed by atoms with E-state index in [-0.39, 0.29) is 11.8 Å². The molecule has 0 aliphatic carbocycles. The van der Waals surface area contributed by atoms with E-state index in [0.717, 1.165) is 22.4 Å². The van der Waals surface area contributed by atoms with Crippen LogP contribution in [-0.2, 0) is 9.59 Å². The fraction of sp³-hybridized carbons (Fsp3) is 0.200. The maximum Gasteiger partial charge on any atom is 0.248 e. The van der Waals surface area contributed by atoms with Gasteiger partial charge in [-0.3, -0.25) is 9.59 Å². The van der Waals surface area contributed by atoms with E-state index in [1.807, 2.05) is 26.0 Å². The molecule has 0 atom stereocenters. The van der Waals surface area contributed by atoms with Crippen molar-refractivity contribution in [3.05, 3.63) is 59.2 Å². The summed E-state index contributed by atoms with van der Waals surface area (Å²) < 4.78 is 5.24. The molecule has 0 fully saturated rings. The first-order chi connectivity index (χ1) is 11.9. The second-order valence-electron chi connectivity index (χ2n) is 5.76. The number of rotatable bonds is 5. The summed E-state index contributed by atoms with van der Waals surface area (Å²) in [5.41, 5.74) is 4.43. The van der Waals surface area contributed by atoms with Gasteiger partial charge in [-0.05, 0) is 73.0 Å². The topological polar surface area (TPSA) is 67.4 Å². The van der Waals surface area contributed by atoms with E-state index < -0.39 is 0 Å². The van der Waals surface area contributed by atoms with E-state index in [9.17, 15) is 9.59 Å². The molecule has 0 bridgehead atoms. The first kappa shape index (κ1) is 18.3. The van der Waals surface area contributed by atoms with Gasteiger partial charge < -0.3 is 15.4 Å². The molecular formula is C20H22N2O3. The van der Waals surface area contributed by atoms with Crippen LogP contribution in [0.25, 0.3) is 6.08 Å². The van der Waals surface area contributed by atoms with Crippen molar-refractivity contribution in [1.82, 2.24) is 0 Å². The van der Waals surface area contributed by atoms with Gasteiger partial charge in [0.15, 0.2) is 0 Å². The van der Waals surface area contributed by atoms with Crippen molar-refractivity contribution >= 4 is 29.3 Å². The van der Waals surface area contributed by atoms with Crippen molar-refractivity contribution in [3.63, 3.8) is 0 Å². The van der Waals surface area contributed by atoms with Gasteiger partial charge in [0.05, 0.1) is 7.11 Å². The Balaban J connectivity index is 2.05. The number of carbonyl (C=O) groups is 2. The minimum Gasteiger partial charge on any atom is -0.497 e. The highest BCUT2D eigenvalue weighted by molar-refractivity contribution is 6.02. The maximum absolute atomic E-state index is 12.1. The van der Waals surface area contributed by atoms with Gasteiger partial charge in [0.1, 0.15) is 5.75 Å². The minimum atomic E-state index is -0.220. The minimum absolute atomic E-state index is 0.134. The molecule has 0 saturated carbocycles. The Bertz CT molecular complexity index is 785. The lowest BCUT2D eigenvalue weighted by molar-refractivity contribution is -0.114. The number of hydrogen-bond acceptors (Lipinski definition) is 3.